The van der Waals surface area contributed by atoms with Crippen LogP contribution in [0.1, 0.15) is 18.2 Å². The molecule has 0 saturated carbocycles. The Kier molecular flexibility index (Phi) is 4.79. The van der Waals surface area contributed by atoms with Crippen molar-refractivity contribution in [3.05, 3.63) is 46.8 Å². The van der Waals surface area contributed by atoms with Crippen molar-refractivity contribution in [2.24, 2.45) is 0 Å². The number of carbonyl (C=O) groups excluding carboxylic acids is 2. The second kappa shape index (κ2) is 7.01. The molecule has 0 unspecified atom stereocenters. The molecule has 1 aromatic carbocycles. The summed E-state index contributed by atoms with van der Waals surface area (Å²) in [5.74, 6) is -1.01. The third-order valence-corrected chi connectivity index (χ3v) is 4.68. The van der Waals surface area contributed by atoms with E-state index < -0.39 is 11.9 Å². The van der Waals surface area contributed by atoms with E-state index in [1.807, 2.05) is 36.1 Å². The minimum Gasteiger partial charge on any atom is -0.466 e. The molecule has 0 atom stereocenters. The van der Waals surface area contributed by atoms with E-state index in [4.69, 9.17) is 9.47 Å². The van der Waals surface area contributed by atoms with Crippen LogP contribution in [0.3, 0.4) is 0 Å². The lowest BCUT2D eigenvalue weighted by Crippen LogP contribution is -2.35. The van der Waals surface area contributed by atoms with E-state index in [0.29, 0.717) is 30.8 Å². The highest BCUT2D eigenvalue weighted by Crippen LogP contribution is 2.30. The van der Waals surface area contributed by atoms with Crippen molar-refractivity contribution >= 4 is 22.8 Å². The van der Waals surface area contributed by atoms with Crippen LogP contribution in [0, 0.1) is 0 Å². The van der Waals surface area contributed by atoms with Crippen LogP contribution in [0.4, 0.5) is 0 Å². The molecule has 2 heterocycles. The number of nitrogens with zero attached hydrogens (tertiary/aromatic N) is 1. The number of hydrogen-bond donors (Lipinski definition) is 1. The number of carbonyl (C=O) groups is 2. The Hall–Kier alpha value is -2.76. The molecule has 132 valence electrons. The zero-order valence-corrected chi connectivity index (χ0v) is 14.7. The Bertz CT molecular complexity index is 850. The van der Waals surface area contributed by atoms with Crippen molar-refractivity contribution in [3.8, 4) is 0 Å². The van der Waals surface area contributed by atoms with Crippen LogP contribution >= 0.6 is 0 Å². The maximum absolute atomic E-state index is 12.5. The third kappa shape index (κ3) is 2.99. The normalized spacial score (nSPS) is 17.6. The molecule has 1 aliphatic rings. The predicted octanol–water partition coefficient (Wildman–Crippen LogP) is 2.19. The Labute approximate surface area is 146 Å². The first-order valence-corrected chi connectivity index (χ1v) is 8.33. The van der Waals surface area contributed by atoms with Gasteiger partial charge in [0.05, 0.1) is 19.8 Å². The first kappa shape index (κ1) is 17.1. The number of hydrogen-bond acceptors (Lipinski definition) is 5. The molecule has 0 spiro atoms. The summed E-state index contributed by atoms with van der Waals surface area (Å²) in [6, 6.07) is 7.98. The number of aromatic amines is 1. The average molecular weight is 342 g/mol. The van der Waals surface area contributed by atoms with Gasteiger partial charge >= 0.3 is 11.9 Å². The summed E-state index contributed by atoms with van der Waals surface area (Å²) in [5.41, 5.74) is 3.79. The molecule has 0 amide bonds. The number of likely N-dealkylation sites (N-methyl/N-ethyl adjacent to an activating group) is 1. The Morgan fingerprint density at radius 3 is 2.56 bits per heavy atom. The highest BCUT2D eigenvalue weighted by Gasteiger charge is 2.30. The van der Waals surface area contributed by atoms with E-state index in [1.165, 1.54) is 14.2 Å². The molecule has 0 aliphatic carbocycles. The SMILES string of the molecule is CCN1CCc2[nH]c3ccccc3c2C/C(C(=O)OC)=C\1C(=O)OC. The van der Waals surface area contributed by atoms with Gasteiger partial charge in [-0.1, -0.05) is 18.2 Å². The maximum Gasteiger partial charge on any atom is 0.354 e. The van der Waals surface area contributed by atoms with Crippen LogP contribution in [0.2, 0.25) is 0 Å². The summed E-state index contributed by atoms with van der Waals surface area (Å²) in [4.78, 5) is 30.2. The molecular formula is C19H22N2O4. The molecule has 25 heavy (non-hydrogen) atoms. The molecular weight excluding hydrogens is 320 g/mol. The third-order valence-electron chi connectivity index (χ3n) is 4.68. The maximum atomic E-state index is 12.5. The lowest BCUT2D eigenvalue weighted by molar-refractivity contribution is -0.141. The summed E-state index contributed by atoms with van der Waals surface area (Å²) in [6.07, 6.45) is 1.08. The largest absolute Gasteiger partial charge is 0.466 e. The van der Waals surface area contributed by atoms with Gasteiger partial charge in [-0.2, -0.15) is 0 Å². The van der Waals surface area contributed by atoms with Crippen LogP contribution in [0.25, 0.3) is 10.9 Å². The van der Waals surface area contributed by atoms with E-state index >= 15 is 0 Å². The van der Waals surface area contributed by atoms with Gasteiger partial charge in [0, 0.05) is 42.5 Å². The van der Waals surface area contributed by atoms with Crippen LogP contribution in [-0.4, -0.2) is 49.1 Å². The highest BCUT2D eigenvalue weighted by atomic mass is 16.5. The summed E-state index contributed by atoms with van der Waals surface area (Å²) in [6.45, 7) is 3.16. The summed E-state index contributed by atoms with van der Waals surface area (Å²) >= 11 is 0. The number of rotatable bonds is 3. The number of ether oxygens (including phenoxy) is 2. The number of nitrogens with one attached hydrogen (secondary N) is 1. The summed E-state index contributed by atoms with van der Waals surface area (Å²) in [5, 5.41) is 1.06. The first-order chi connectivity index (χ1) is 12.1. The van der Waals surface area contributed by atoms with E-state index in [-0.39, 0.29) is 0 Å². The molecule has 2 aromatic rings. The highest BCUT2D eigenvalue weighted by molar-refractivity contribution is 6.01. The van der Waals surface area contributed by atoms with Gasteiger partial charge in [-0.3, -0.25) is 0 Å². The molecule has 6 heteroatoms. The minimum atomic E-state index is -0.509. The topological polar surface area (TPSA) is 71.6 Å². The van der Waals surface area contributed by atoms with Gasteiger partial charge < -0.3 is 19.4 Å². The minimum absolute atomic E-state index is 0.299. The van der Waals surface area contributed by atoms with Gasteiger partial charge in [0.2, 0.25) is 0 Å². The van der Waals surface area contributed by atoms with Crippen LogP contribution < -0.4 is 0 Å². The van der Waals surface area contributed by atoms with E-state index in [2.05, 4.69) is 4.98 Å². The monoisotopic (exact) mass is 342 g/mol. The number of esters is 2. The first-order valence-electron chi connectivity index (χ1n) is 8.33. The standard InChI is InChI=1S/C19H22N2O4/c1-4-21-10-9-16-13(12-7-5-6-8-15(12)20-16)11-14(18(22)24-2)17(21)19(23)25-3/h5-8,20H,4,9-11H2,1-3H3/b17-14+. The van der Waals surface area contributed by atoms with Gasteiger partial charge in [-0.05, 0) is 18.6 Å². The number of methoxy groups -OCH3 is 2. The van der Waals surface area contributed by atoms with Crippen LogP contribution in [0.15, 0.2) is 35.5 Å². The number of benzene rings is 1. The predicted molar refractivity (Wildman–Crippen MR) is 94.0 cm³/mol. The molecule has 1 N–H and O–H groups in total. The number of aromatic nitrogens is 1. The second-order valence-corrected chi connectivity index (χ2v) is 5.94. The second-order valence-electron chi connectivity index (χ2n) is 5.94. The van der Waals surface area contributed by atoms with Crippen molar-refractivity contribution in [3.63, 3.8) is 0 Å². The molecule has 0 bridgehead atoms. The smallest absolute Gasteiger partial charge is 0.354 e. The molecule has 6 nitrogen and oxygen atoms in total. The molecule has 0 radical (unpaired) electrons. The Morgan fingerprint density at radius 2 is 1.88 bits per heavy atom. The lowest BCUT2D eigenvalue weighted by atomic mass is 9.96. The molecule has 1 aliphatic heterocycles. The number of para-hydroxylation sites is 1. The average Bonchev–Trinajstić information content (AvgIpc) is 2.97. The van der Waals surface area contributed by atoms with Crippen molar-refractivity contribution in [2.75, 3.05) is 27.3 Å². The van der Waals surface area contributed by atoms with Gasteiger partial charge in [0.1, 0.15) is 5.70 Å². The van der Waals surface area contributed by atoms with E-state index in [9.17, 15) is 9.59 Å². The fourth-order valence-corrected chi connectivity index (χ4v) is 3.44. The van der Waals surface area contributed by atoms with Crippen molar-refractivity contribution in [1.82, 2.24) is 9.88 Å². The van der Waals surface area contributed by atoms with Crippen molar-refractivity contribution in [2.45, 2.75) is 19.8 Å². The van der Waals surface area contributed by atoms with Crippen LogP contribution in [0.5, 0.6) is 0 Å². The lowest BCUT2D eigenvalue weighted by Gasteiger charge is -2.28. The number of H-pyrrole nitrogens is 1. The van der Waals surface area contributed by atoms with Gasteiger partial charge in [0.25, 0.3) is 0 Å². The van der Waals surface area contributed by atoms with Crippen molar-refractivity contribution in [1.29, 1.82) is 0 Å². The fourth-order valence-electron chi connectivity index (χ4n) is 3.44. The van der Waals surface area contributed by atoms with Gasteiger partial charge in [0.15, 0.2) is 0 Å². The Balaban J connectivity index is 2.22. The molecule has 0 fully saturated rings. The summed E-state index contributed by atoms with van der Waals surface area (Å²) in [7, 11) is 2.66. The van der Waals surface area contributed by atoms with Gasteiger partial charge in [-0.15, -0.1) is 0 Å². The molecule has 3 rings (SSSR count). The summed E-state index contributed by atoms with van der Waals surface area (Å²) < 4.78 is 9.91. The molecule has 1 aromatic heterocycles. The zero-order chi connectivity index (χ0) is 18.0. The van der Waals surface area contributed by atoms with Gasteiger partial charge in [-0.25, -0.2) is 9.59 Å². The number of fused-ring (bicyclic) bond motifs is 3. The van der Waals surface area contributed by atoms with Crippen LogP contribution in [-0.2, 0) is 31.9 Å². The van der Waals surface area contributed by atoms with E-state index in [1.54, 1.807) is 0 Å². The van der Waals surface area contributed by atoms with Crippen molar-refractivity contribution < 1.29 is 19.1 Å². The Morgan fingerprint density at radius 1 is 1.16 bits per heavy atom. The quantitative estimate of drug-likeness (QED) is 0.866. The molecule has 0 saturated heterocycles. The zero-order valence-electron chi connectivity index (χ0n) is 14.7. The van der Waals surface area contributed by atoms with E-state index in [0.717, 1.165) is 28.6 Å². The fraction of sp³-hybridized carbons (Fsp3) is 0.368.